The molecule has 0 amide bonds. The molecule has 0 aliphatic carbocycles. The maximum absolute atomic E-state index is 10.7. The fraction of sp³-hybridized carbons (Fsp3) is 0.200. The second-order valence-corrected chi connectivity index (χ2v) is 4.14. The van der Waals surface area contributed by atoms with E-state index in [0.717, 1.165) is 0 Å². The predicted octanol–water partition coefficient (Wildman–Crippen LogP) is 2.19. The first-order valence-corrected chi connectivity index (χ1v) is 4.33. The van der Waals surface area contributed by atoms with Gasteiger partial charge in [0.05, 0.1) is 0 Å². The molecule has 0 saturated heterocycles. The normalized spacial score (nSPS) is 35.6. The van der Waals surface area contributed by atoms with Crippen LogP contribution < -0.4 is 0 Å². The highest BCUT2D eigenvalue weighted by molar-refractivity contribution is 7.51. The molecule has 3 heteroatoms. The number of hydrogen-bond donors (Lipinski definition) is 0. The molecule has 44 valence electrons. The van der Waals surface area contributed by atoms with E-state index in [-0.39, 0.29) is 5.12 Å². The standard InChI is InChI=1S/C5H6ClOP/c6-5-3-1-2-4-8(5)7/h1-5,8H. The molecular weight excluding hydrogens is 142 g/mol. The van der Waals surface area contributed by atoms with Gasteiger partial charge in [-0.15, -0.1) is 11.6 Å². The third-order valence-corrected chi connectivity index (χ3v) is 2.97. The first-order chi connectivity index (χ1) is 3.80. The summed E-state index contributed by atoms with van der Waals surface area (Å²) < 4.78 is 10.7. The first-order valence-electron chi connectivity index (χ1n) is 2.33. The molecule has 0 aromatic rings. The van der Waals surface area contributed by atoms with E-state index in [9.17, 15) is 4.57 Å². The molecule has 0 aromatic heterocycles. The van der Waals surface area contributed by atoms with Gasteiger partial charge in [0, 0.05) is 0 Å². The summed E-state index contributed by atoms with van der Waals surface area (Å²) >= 11 is 5.56. The van der Waals surface area contributed by atoms with Crippen molar-refractivity contribution in [2.24, 2.45) is 0 Å². The lowest BCUT2D eigenvalue weighted by Crippen LogP contribution is -1.84. The zero-order valence-corrected chi connectivity index (χ0v) is 5.93. The molecule has 0 radical (unpaired) electrons. The van der Waals surface area contributed by atoms with Crippen LogP contribution in [0.3, 0.4) is 0 Å². The topological polar surface area (TPSA) is 17.1 Å². The van der Waals surface area contributed by atoms with Crippen LogP contribution in [-0.2, 0) is 4.57 Å². The monoisotopic (exact) mass is 148 g/mol. The first kappa shape index (κ1) is 6.12. The van der Waals surface area contributed by atoms with Gasteiger partial charge in [0.25, 0.3) is 0 Å². The van der Waals surface area contributed by atoms with E-state index in [4.69, 9.17) is 11.6 Å². The Balaban J connectivity index is 2.74. The summed E-state index contributed by atoms with van der Waals surface area (Å²) in [7, 11) is -1.62. The smallest absolute Gasteiger partial charge is 0.118 e. The maximum atomic E-state index is 10.7. The van der Waals surface area contributed by atoms with Crippen LogP contribution in [0.5, 0.6) is 0 Å². The minimum absolute atomic E-state index is 0.245. The van der Waals surface area contributed by atoms with Crippen molar-refractivity contribution in [3.63, 3.8) is 0 Å². The number of halogens is 1. The van der Waals surface area contributed by atoms with E-state index < -0.39 is 7.80 Å². The van der Waals surface area contributed by atoms with Crippen LogP contribution in [0.1, 0.15) is 0 Å². The zero-order valence-electron chi connectivity index (χ0n) is 4.17. The molecule has 1 heterocycles. The zero-order chi connectivity index (χ0) is 5.98. The van der Waals surface area contributed by atoms with E-state index in [0.29, 0.717) is 0 Å². The Morgan fingerprint density at radius 1 is 1.50 bits per heavy atom. The van der Waals surface area contributed by atoms with Crippen LogP contribution in [-0.4, -0.2) is 5.12 Å². The van der Waals surface area contributed by atoms with E-state index in [1.807, 2.05) is 6.08 Å². The summed E-state index contributed by atoms with van der Waals surface area (Å²) in [6.07, 6.45) is 5.31. The van der Waals surface area contributed by atoms with Crippen LogP contribution in [0.4, 0.5) is 0 Å². The minimum Gasteiger partial charge on any atom is -0.321 e. The third kappa shape index (κ3) is 1.24. The predicted molar refractivity (Wildman–Crippen MR) is 36.9 cm³/mol. The van der Waals surface area contributed by atoms with Crippen LogP contribution in [0.2, 0.25) is 0 Å². The number of rotatable bonds is 0. The largest absolute Gasteiger partial charge is 0.321 e. The Bertz CT molecular complexity index is 162. The summed E-state index contributed by atoms with van der Waals surface area (Å²) in [5.41, 5.74) is 0. The minimum atomic E-state index is -1.62. The fourth-order valence-electron chi connectivity index (χ4n) is 0.499. The van der Waals surface area contributed by atoms with Crippen LogP contribution in [0, 0.1) is 0 Å². The lowest BCUT2D eigenvalue weighted by atomic mass is 10.5. The molecule has 0 saturated carbocycles. The Morgan fingerprint density at radius 3 is 2.62 bits per heavy atom. The van der Waals surface area contributed by atoms with Crippen molar-refractivity contribution in [3.8, 4) is 0 Å². The lowest BCUT2D eigenvalue weighted by Gasteiger charge is -2.00. The SMILES string of the molecule is O=[PH]1C=CC=CC1Cl. The van der Waals surface area contributed by atoms with Gasteiger partial charge < -0.3 is 4.57 Å². The van der Waals surface area contributed by atoms with Gasteiger partial charge in [-0.05, 0) is 5.82 Å². The molecule has 0 spiro atoms. The molecule has 0 fully saturated rings. The Kier molecular flexibility index (Phi) is 1.93. The summed E-state index contributed by atoms with van der Waals surface area (Å²) in [6, 6.07) is 0. The van der Waals surface area contributed by atoms with Gasteiger partial charge in [0.1, 0.15) is 12.9 Å². The van der Waals surface area contributed by atoms with Crippen molar-refractivity contribution in [2.75, 3.05) is 0 Å². The Labute approximate surface area is 53.8 Å². The molecule has 0 N–H and O–H groups in total. The molecule has 0 aromatic carbocycles. The van der Waals surface area contributed by atoms with E-state index in [2.05, 4.69) is 0 Å². The number of allylic oxidation sites excluding steroid dienone is 3. The third-order valence-electron chi connectivity index (χ3n) is 0.923. The van der Waals surface area contributed by atoms with Gasteiger partial charge in [-0.2, -0.15) is 0 Å². The van der Waals surface area contributed by atoms with E-state index >= 15 is 0 Å². The van der Waals surface area contributed by atoms with E-state index in [1.54, 1.807) is 18.0 Å². The van der Waals surface area contributed by atoms with Gasteiger partial charge >= 0.3 is 0 Å². The maximum Gasteiger partial charge on any atom is 0.118 e. The van der Waals surface area contributed by atoms with Gasteiger partial charge in [-0.25, -0.2) is 0 Å². The van der Waals surface area contributed by atoms with Crippen molar-refractivity contribution >= 4 is 19.4 Å². The van der Waals surface area contributed by atoms with Gasteiger partial charge in [0.2, 0.25) is 0 Å². The summed E-state index contributed by atoms with van der Waals surface area (Å²) in [4.78, 5) is 0. The van der Waals surface area contributed by atoms with Crippen LogP contribution in [0.25, 0.3) is 0 Å². The number of hydrogen-bond acceptors (Lipinski definition) is 1. The molecule has 0 bridgehead atoms. The van der Waals surface area contributed by atoms with Gasteiger partial charge in [-0.3, -0.25) is 0 Å². The highest BCUT2D eigenvalue weighted by Crippen LogP contribution is 2.35. The van der Waals surface area contributed by atoms with Gasteiger partial charge in [-0.1, -0.05) is 18.2 Å². The summed E-state index contributed by atoms with van der Waals surface area (Å²) in [5, 5.41) is -0.245. The molecule has 2 unspecified atom stereocenters. The second-order valence-electron chi connectivity index (χ2n) is 1.55. The van der Waals surface area contributed by atoms with Crippen molar-refractivity contribution < 1.29 is 4.57 Å². The average molecular weight is 149 g/mol. The fourth-order valence-corrected chi connectivity index (χ4v) is 1.59. The van der Waals surface area contributed by atoms with Crippen LogP contribution in [0.15, 0.2) is 24.0 Å². The molecular formula is C5H6ClOP. The highest BCUT2D eigenvalue weighted by Gasteiger charge is 2.06. The molecule has 1 aliphatic rings. The molecule has 2 atom stereocenters. The van der Waals surface area contributed by atoms with Crippen molar-refractivity contribution in [1.82, 2.24) is 0 Å². The molecule has 1 aliphatic heterocycles. The van der Waals surface area contributed by atoms with E-state index in [1.165, 1.54) is 0 Å². The second kappa shape index (κ2) is 2.52. The molecule has 1 rings (SSSR count). The Morgan fingerprint density at radius 2 is 2.25 bits per heavy atom. The summed E-state index contributed by atoms with van der Waals surface area (Å²) in [5.74, 6) is 1.66. The average Bonchev–Trinajstić information content (AvgIpc) is 1.77. The van der Waals surface area contributed by atoms with Crippen LogP contribution >= 0.6 is 19.4 Å². The highest BCUT2D eigenvalue weighted by atomic mass is 35.5. The number of alkyl halides is 1. The van der Waals surface area contributed by atoms with Crippen molar-refractivity contribution in [1.29, 1.82) is 0 Å². The molecule has 8 heavy (non-hydrogen) atoms. The van der Waals surface area contributed by atoms with Crippen molar-refractivity contribution in [2.45, 2.75) is 5.12 Å². The van der Waals surface area contributed by atoms with Crippen molar-refractivity contribution in [3.05, 3.63) is 24.0 Å². The lowest BCUT2D eigenvalue weighted by molar-refractivity contribution is 0.593. The molecule has 1 nitrogen and oxygen atoms in total. The Hall–Kier alpha value is -0.0000000000000000555. The quantitative estimate of drug-likeness (QED) is 0.380. The van der Waals surface area contributed by atoms with Gasteiger partial charge in [0.15, 0.2) is 0 Å². The summed E-state index contributed by atoms with van der Waals surface area (Å²) in [6.45, 7) is 0.